The van der Waals surface area contributed by atoms with E-state index >= 15 is 0 Å². The summed E-state index contributed by atoms with van der Waals surface area (Å²) in [5.74, 6) is 0.106. The van der Waals surface area contributed by atoms with Crippen LogP contribution in [0.15, 0.2) is 46.9 Å². The van der Waals surface area contributed by atoms with Crippen molar-refractivity contribution in [2.24, 2.45) is 0 Å². The van der Waals surface area contributed by atoms with Gasteiger partial charge in [0.15, 0.2) is 0 Å². The van der Waals surface area contributed by atoms with Gasteiger partial charge in [-0.3, -0.25) is 0 Å². The Hall–Kier alpha value is -0.990. The van der Waals surface area contributed by atoms with Gasteiger partial charge in [-0.1, -0.05) is 45.7 Å². The number of phenolic OH excluding ortho intramolecular Hbond substituents is 1. The van der Waals surface area contributed by atoms with Gasteiger partial charge in [0.25, 0.3) is 0 Å². The Morgan fingerprint density at radius 3 is 2.40 bits per heavy atom. The molecule has 1 nitrogen and oxygen atoms in total. The summed E-state index contributed by atoms with van der Waals surface area (Å²) >= 11 is 9.14. The highest BCUT2D eigenvalue weighted by molar-refractivity contribution is 9.10. The lowest BCUT2D eigenvalue weighted by molar-refractivity contribution is 0.476. The summed E-state index contributed by atoms with van der Waals surface area (Å²) in [5, 5.41) is 9.86. The molecule has 0 unspecified atom stereocenters. The third-order valence-corrected chi connectivity index (χ3v) is 2.92. The quantitative estimate of drug-likeness (QED) is 0.818. The summed E-state index contributed by atoms with van der Waals surface area (Å²) in [6, 6.07) is 13.1. The first kappa shape index (κ1) is 10.5. The number of benzene rings is 2. The fourth-order valence-electron chi connectivity index (χ4n) is 1.36. The van der Waals surface area contributed by atoms with Crippen LogP contribution in [-0.4, -0.2) is 5.11 Å². The first-order chi connectivity index (χ1) is 7.16. The molecule has 0 bridgehead atoms. The van der Waals surface area contributed by atoms with Crippen LogP contribution in [0.4, 0.5) is 0 Å². The van der Waals surface area contributed by atoms with E-state index in [2.05, 4.69) is 15.9 Å². The van der Waals surface area contributed by atoms with Crippen molar-refractivity contribution in [2.75, 3.05) is 0 Å². The van der Waals surface area contributed by atoms with Crippen molar-refractivity contribution in [3.8, 4) is 16.9 Å². The van der Waals surface area contributed by atoms with Gasteiger partial charge in [0.05, 0.1) is 5.02 Å². The van der Waals surface area contributed by atoms with E-state index in [4.69, 9.17) is 11.6 Å². The van der Waals surface area contributed by atoms with Gasteiger partial charge in [-0.2, -0.15) is 0 Å². The second-order valence-electron chi connectivity index (χ2n) is 3.18. The summed E-state index contributed by atoms with van der Waals surface area (Å²) in [4.78, 5) is 0. The predicted octanol–water partition coefficient (Wildman–Crippen LogP) is 4.48. The summed E-state index contributed by atoms with van der Waals surface area (Å²) < 4.78 is 1.01. The van der Waals surface area contributed by atoms with Gasteiger partial charge in [0.1, 0.15) is 5.75 Å². The topological polar surface area (TPSA) is 20.2 Å². The van der Waals surface area contributed by atoms with Crippen LogP contribution in [0.3, 0.4) is 0 Å². The van der Waals surface area contributed by atoms with E-state index in [9.17, 15) is 5.11 Å². The number of hydrogen-bond donors (Lipinski definition) is 1. The van der Waals surface area contributed by atoms with Gasteiger partial charge < -0.3 is 5.11 Å². The fourth-order valence-corrected chi connectivity index (χ4v) is 1.88. The molecule has 15 heavy (non-hydrogen) atoms. The van der Waals surface area contributed by atoms with E-state index < -0.39 is 0 Å². The van der Waals surface area contributed by atoms with Crippen LogP contribution >= 0.6 is 27.5 Å². The molecule has 0 saturated heterocycles. The monoisotopic (exact) mass is 282 g/mol. The molecule has 0 aliphatic carbocycles. The summed E-state index contributed by atoms with van der Waals surface area (Å²) in [6.45, 7) is 0. The zero-order valence-electron chi connectivity index (χ0n) is 7.74. The Labute approximate surface area is 101 Å². The number of rotatable bonds is 1. The van der Waals surface area contributed by atoms with Gasteiger partial charge in [-0.15, -0.1) is 0 Å². The molecule has 76 valence electrons. The molecule has 2 aromatic rings. The molecule has 0 aliphatic heterocycles. The zero-order chi connectivity index (χ0) is 10.8. The molecule has 0 aliphatic rings. The molecule has 2 aromatic carbocycles. The van der Waals surface area contributed by atoms with Crippen molar-refractivity contribution in [1.29, 1.82) is 0 Å². The lowest BCUT2D eigenvalue weighted by Crippen LogP contribution is -1.78. The highest BCUT2D eigenvalue weighted by Crippen LogP contribution is 2.30. The lowest BCUT2D eigenvalue weighted by atomic mass is 10.1. The Bertz CT molecular complexity index is 497. The van der Waals surface area contributed by atoms with Crippen LogP contribution in [0.2, 0.25) is 5.02 Å². The second kappa shape index (κ2) is 4.25. The highest BCUT2D eigenvalue weighted by atomic mass is 79.9. The van der Waals surface area contributed by atoms with Crippen LogP contribution in [0.1, 0.15) is 0 Å². The van der Waals surface area contributed by atoms with Crippen LogP contribution in [0, 0.1) is 0 Å². The van der Waals surface area contributed by atoms with E-state index in [1.807, 2.05) is 30.3 Å². The minimum atomic E-state index is 0.106. The number of phenols is 1. The Morgan fingerprint density at radius 2 is 1.73 bits per heavy atom. The fraction of sp³-hybridized carbons (Fsp3) is 0. The molecular formula is C12H8BrClO. The average molecular weight is 284 g/mol. The minimum absolute atomic E-state index is 0.106. The summed E-state index contributed by atoms with van der Waals surface area (Å²) in [5.41, 5.74) is 1.98. The van der Waals surface area contributed by atoms with Crippen molar-refractivity contribution in [2.45, 2.75) is 0 Å². The van der Waals surface area contributed by atoms with Crippen molar-refractivity contribution < 1.29 is 5.11 Å². The molecule has 0 atom stereocenters. The molecule has 0 fully saturated rings. The largest absolute Gasteiger partial charge is 0.506 e. The molecular weight excluding hydrogens is 275 g/mol. The van der Waals surface area contributed by atoms with Gasteiger partial charge in [-0.25, -0.2) is 0 Å². The van der Waals surface area contributed by atoms with Gasteiger partial charge in [0.2, 0.25) is 0 Å². The molecule has 3 heteroatoms. The van der Waals surface area contributed by atoms with Crippen LogP contribution in [0.25, 0.3) is 11.1 Å². The average Bonchev–Trinajstić information content (AvgIpc) is 2.22. The SMILES string of the molecule is Oc1cc(-c2cccc(Br)c2)ccc1Cl. The van der Waals surface area contributed by atoms with Crippen molar-refractivity contribution in [3.63, 3.8) is 0 Å². The summed E-state index contributed by atoms with van der Waals surface area (Å²) in [7, 11) is 0. The maximum atomic E-state index is 9.49. The van der Waals surface area contributed by atoms with Crippen molar-refractivity contribution in [1.82, 2.24) is 0 Å². The molecule has 0 spiro atoms. The van der Waals surface area contributed by atoms with Crippen LogP contribution in [-0.2, 0) is 0 Å². The standard InChI is InChI=1S/C12H8BrClO/c13-10-3-1-2-8(6-10)9-4-5-11(14)12(15)7-9/h1-7,15H. The third kappa shape index (κ3) is 2.33. The molecule has 0 amide bonds. The van der Waals surface area contributed by atoms with Crippen LogP contribution in [0.5, 0.6) is 5.75 Å². The van der Waals surface area contributed by atoms with Gasteiger partial charge in [0, 0.05) is 4.47 Å². The minimum Gasteiger partial charge on any atom is -0.506 e. The van der Waals surface area contributed by atoms with Crippen LogP contribution < -0.4 is 0 Å². The third-order valence-electron chi connectivity index (χ3n) is 2.10. The number of aromatic hydroxyl groups is 1. The Kier molecular flexibility index (Phi) is 2.98. The smallest absolute Gasteiger partial charge is 0.134 e. The van der Waals surface area contributed by atoms with E-state index in [1.165, 1.54) is 0 Å². The number of halogens is 2. The lowest BCUT2D eigenvalue weighted by Gasteiger charge is -2.04. The molecule has 0 aromatic heterocycles. The number of hydrogen-bond acceptors (Lipinski definition) is 1. The zero-order valence-corrected chi connectivity index (χ0v) is 10.1. The Balaban J connectivity index is 2.50. The summed E-state index contributed by atoms with van der Waals surface area (Å²) in [6.07, 6.45) is 0. The molecule has 2 rings (SSSR count). The van der Waals surface area contributed by atoms with Crippen molar-refractivity contribution >= 4 is 27.5 Å². The Morgan fingerprint density at radius 1 is 1.00 bits per heavy atom. The maximum Gasteiger partial charge on any atom is 0.134 e. The van der Waals surface area contributed by atoms with Gasteiger partial charge >= 0.3 is 0 Å². The molecule has 1 N–H and O–H groups in total. The van der Waals surface area contributed by atoms with Crippen molar-refractivity contribution in [3.05, 3.63) is 52.0 Å². The first-order valence-electron chi connectivity index (χ1n) is 4.41. The normalized spacial score (nSPS) is 10.3. The second-order valence-corrected chi connectivity index (χ2v) is 4.50. The van der Waals surface area contributed by atoms with E-state index in [-0.39, 0.29) is 5.75 Å². The predicted molar refractivity (Wildman–Crippen MR) is 66.3 cm³/mol. The van der Waals surface area contributed by atoms with E-state index in [0.717, 1.165) is 15.6 Å². The molecule has 0 heterocycles. The highest BCUT2D eigenvalue weighted by Gasteiger charge is 2.02. The van der Waals surface area contributed by atoms with Gasteiger partial charge in [-0.05, 0) is 35.4 Å². The molecule has 0 saturated carbocycles. The first-order valence-corrected chi connectivity index (χ1v) is 5.58. The van der Waals surface area contributed by atoms with E-state index in [1.54, 1.807) is 12.1 Å². The van der Waals surface area contributed by atoms with E-state index in [0.29, 0.717) is 5.02 Å². The molecule has 0 radical (unpaired) electrons. The maximum absolute atomic E-state index is 9.49.